The van der Waals surface area contributed by atoms with Crippen molar-refractivity contribution in [3.63, 3.8) is 0 Å². The van der Waals surface area contributed by atoms with E-state index < -0.39 is 0 Å². The molecular formula is C19H22N6O. The fourth-order valence-corrected chi connectivity index (χ4v) is 3.07. The quantitative estimate of drug-likeness (QED) is 0.736. The minimum absolute atomic E-state index is 0.425. The summed E-state index contributed by atoms with van der Waals surface area (Å²) in [6.45, 7) is 2.07. The molecule has 0 spiro atoms. The van der Waals surface area contributed by atoms with Crippen LogP contribution in [0.1, 0.15) is 12.8 Å². The van der Waals surface area contributed by atoms with Crippen molar-refractivity contribution in [2.75, 3.05) is 25.5 Å². The molecule has 0 amide bonds. The van der Waals surface area contributed by atoms with Gasteiger partial charge in [-0.1, -0.05) is 0 Å². The van der Waals surface area contributed by atoms with Crippen molar-refractivity contribution >= 4 is 5.95 Å². The molecule has 1 aromatic carbocycles. The minimum Gasteiger partial charge on any atom is -0.497 e. The molecule has 4 rings (SSSR count). The number of hydrogen-bond donors (Lipinski definition) is 2. The Bertz CT molecular complexity index is 854. The molecule has 0 bridgehead atoms. The molecule has 7 heteroatoms. The zero-order valence-electron chi connectivity index (χ0n) is 14.7. The first-order valence-corrected chi connectivity index (χ1v) is 8.81. The van der Waals surface area contributed by atoms with Crippen LogP contribution < -0.4 is 15.4 Å². The molecule has 2 aromatic heterocycles. The van der Waals surface area contributed by atoms with Crippen molar-refractivity contribution < 1.29 is 4.74 Å². The maximum Gasteiger partial charge on any atom is 0.223 e. The lowest BCUT2D eigenvalue weighted by atomic mass is 10.1. The summed E-state index contributed by atoms with van der Waals surface area (Å²) in [5.41, 5.74) is 2.78. The van der Waals surface area contributed by atoms with Crippen molar-refractivity contribution in [3.8, 4) is 22.7 Å². The van der Waals surface area contributed by atoms with Gasteiger partial charge in [0.2, 0.25) is 5.95 Å². The van der Waals surface area contributed by atoms with Gasteiger partial charge < -0.3 is 15.4 Å². The monoisotopic (exact) mass is 350 g/mol. The van der Waals surface area contributed by atoms with Crippen molar-refractivity contribution in [2.24, 2.45) is 0 Å². The van der Waals surface area contributed by atoms with E-state index in [1.165, 1.54) is 0 Å². The topological polar surface area (TPSA) is 76.9 Å². The maximum atomic E-state index is 5.20. The summed E-state index contributed by atoms with van der Waals surface area (Å²) >= 11 is 0. The van der Waals surface area contributed by atoms with E-state index in [9.17, 15) is 0 Å². The molecule has 0 radical (unpaired) electrons. The second kappa shape index (κ2) is 7.53. The third-order valence-corrected chi connectivity index (χ3v) is 4.54. The number of ether oxygens (including phenoxy) is 1. The molecule has 1 aliphatic rings. The van der Waals surface area contributed by atoms with Crippen molar-refractivity contribution in [2.45, 2.75) is 18.9 Å². The van der Waals surface area contributed by atoms with Crippen molar-refractivity contribution in [1.29, 1.82) is 0 Å². The molecule has 134 valence electrons. The van der Waals surface area contributed by atoms with Crippen LogP contribution in [-0.4, -0.2) is 46.0 Å². The highest BCUT2D eigenvalue weighted by Gasteiger charge is 2.14. The van der Waals surface area contributed by atoms with Gasteiger partial charge in [0.1, 0.15) is 5.75 Å². The van der Waals surface area contributed by atoms with Crippen molar-refractivity contribution in [1.82, 2.24) is 25.1 Å². The number of hydrogen-bond acceptors (Lipinski definition) is 6. The van der Waals surface area contributed by atoms with Gasteiger partial charge in [0.25, 0.3) is 0 Å². The van der Waals surface area contributed by atoms with Crippen molar-refractivity contribution in [3.05, 3.63) is 48.9 Å². The molecule has 1 fully saturated rings. The summed E-state index contributed by atoms with van der Waals surface area (Å²) in [7, 11) is 1.66. The molecule has 26 heavy (non-hydrogen) atoms. The number of nitrogens with one attached hydrogen (secondary N) is 2. The summed E-state index contributed by atoms with van der Waals surface area (Å²) in [5, 5.41) is 11.3. The van der Waals surface area contributed by atoms with Gasteiger partial charge in [0, 0.05) is 24.0 Å². The van der Waals surface area contributed by atoms with Gasteiger partial charge in [0.05, 0.1) is 24.7 Å². The summed E-state index contributed by atoms with van der Waals surface area (Å²) in [6.07, 6.45) is 7.75. The Morgan fingerprint density at radius 1 is 1.15 bits per heavy atom. The number of methoxy groups -OCH3 is 1. The van der Waals surface area contributed by atoms with Crippen LogP contribution >= 0.6 is 0 Å². The number of piperidine rings is 1. The molecule has 0 aliphatic carbocycles. The number of rotatable bonds is 5. The Kier molecular flexibility index (Phi) is 4.79. The Morgan fingerprint density at radius 2 is 1.96 bits per heavy atom. The highest BCUT2D eigenvalue weighted by atomic mass is 16.5. The molecule has 3 aromatic rings. The van der Waals surface area contributed by atoms with E-state index in [-0.39, 0.29) is 0 Å². The standard InChI is InChI=1S/C19H22N6O/c1-26-17-4-2-16(3-5-17)25-13-14(12-22-25)18-8-11-21-19(24-18)23-15-6-9-20-10-7-15/h2-5,8,11-13,15,20H,6-7,9-10H2,1H3,(H,21,23,24). The minimum atomic E-state index is 0.425. The van der Waals surface area contributed by atoms with Gasteiger partial charge in [-0.05, 0) is 56.3 Å². The smallest absolute Gasteiger partial charge is 0.223 e. The highest BCUT2D eigenvalue weighted by Crippen LogP contribution is 2.21. The van der Waals surface area contributed by atoms with E-state index in [0.717, 1.165) is 48.6 Å². The molecule has 7 nitrogen and oxygen atoms in total. The molecule has 3 heterocycles. The Balaban J connectivity index is 1.52. The Hall–Kier alpha value is -2.93. The van der Waals surface area contributed by atoms with E-state index in [2.05, 4.69) is 25.7 Å². The molecular weight excluding hydrogens is 328 g/mol. The van der Waals surface area contributed by atoms with Gasteiger partial charge in [-0.15, -0.1) is 0 Å². The third kappa shape index (κ3) is 3.67. The maximum absolute atomic E-state index is 5.20. The van der Waals surface area contributed by atoms with Gasteiger partial charge in [-0.3, -0.25) is 0 Å². The fourth-order valence-electron chi connectivity index (χ4n) is 3.07. The van der Waals surface area contributed by atoms with Crippen LogP contribution in [0.5, 0.6) is 5.75 Å². The molecule has 0 atom stereocenters. The van der Waals surface area contributed by atoms with Crippen LogP contribution in [0.4, 0.5) is 5.95 Å². The van der Waals surface area contributed by atoms with Crippen LogP contribution in [-0.2, 0) is 0 Å². The lowest BCUT2D eigenvalue weighted by molar-refractivity contribution is 0.414. The summed E-state index contributed by atoms with van der Waals surface area (Å²) in [6, 6.07) is 10.1. The molecule has 1 aliphatic heterocycles. The number of anilines is 1. The Morgan fingerprint density at radius 3 is 2.73 bits per heavy atom. The second-order valence-corrected chi connectivity index (χ2v) is 6.31. The van der Waals surface area contributed by atoms with Gasteiger partial charge in [-0.2, -0.15) is 5.10 Å². The average Bonchev–Trinajstić information content (AvgIpc) is 3.19. The second-order valence-electron chi connectivity index (χ2n) is 6.31. The predicted octanol–water partition coefficient (Wildman–Crippen LogP) is 2.50. The molecule has 2 N–H and O–H groups in total. The summed E-state index contributed by atoms with van der Waals surface area (Å²) in [5.74, 6) is 1.50. The summed E-state index contributed by atoms with van der Waals surface area (Å²) in [4.78, 5) is 9.01. The van der Waals surface area contributed by atoms with Crippen LogP contribution in [0.25, 0.3) is 16.9 Å². The number of nitrogens with zero attached hydrogens (tertiary/aromatic N) is 4. The van der Waals surface area contributed by atoms with Gasteiger partial charge >= 0.3 is 0 Å². The van der Waals surface area contributed by atoms with Crippen LogP contribution in [0.3, 0.4) is 0 Å². The lowest BCUT2D eigenvalue weighted by Gasteiger charge is -2.23. The van der Waals surface area contributed by atoms with E-state index in [0.29, 0.717) is 12.0 Å². The zero-order valence-corrected chi connectivity index (χ0v) is 14.7. The molecule has 0 unspecified atom stereocenters. The first-order valence-electron chi connectivity index (χ1n) is 8.81. The largest absolute Gasteiger partial charge is 0.497 e. The van der Waals surface area contributed by atoms with Crippen LogP contribution in [0.15, 0.2) is 48.9 Å². The van der Waals surface area contributed by atoms with Gasteiger partial charge in [-0.25, -0.2) is 14.6 Å². The lowest BCUT2D eigenvalue weighted by Crippen LogP contribution is -2.35. The van der Waals surface area contributed by atoms with Gasteiger partial charge in [0.15, 0.2) is 0 Å². The predicted molar refractivity (Wildman–Crippen MR) is 101 cm³/mol. The Labute approximate surface area is 152 Å². The SMILES string of the molecule is COc1ccc(-n2cc(-c3ccnc(NC4CCNCC4)n3)cn2)cc1. The zero-order chi connectivity index (χ0) is 17.8. The normalized spacial score (nSPS) is 15.0. The number of aromatic nitrogens is 4. The van der Waals surface area contributed by atoms with E-state index in [4.69, 9.17) is 4.74 Å². The molecule has 0 saturated carbocycles. The van der Waals surface area contributed by atoms with Crippen LogP contribution in [0.2, 0.25) is 0 Å². The van der Waals surface area contributed by atoms with E-state index >= 15 is 0 Å². The van der Waals surface area contributed by atoms with Crippen LogP contribution in [0, 0.1) is 0 Å². The van der Waals surface area contributed by atoms with E-state index in [1.807, 2.05) is 47.4 Å². The van der Waals surface area contributed by atoms with E-state index in [1.54, 1.807) is 13.3 Å². The number of benzene rings is 1. The first-order chi connectivity index (χ1) is 12.8. The highest BCUT2D eigenvalue weighted by molar-refractivity contribution is 5.59. The third-order valence-electron chi connectivity index (χ3n) is 4.54. The first kappa shape index (κ1) is 16.5. The average molecular weight is 350 g/mol. The fraction of sp³-hybridized carbons (Fsp3) is 0.316. The summed E-state index contributed by atoms with van der Waals surface area (Å²) < 4.78 is 7.03. The molecule has 1 saturated heterocycles.